The molecular formula is C12H12FIN4O. The van der Waals surface area contributed by atoms with Gasteiger partial charge in [-0.2, -0.15) is 15.4 Å². The van der Waals surface area contributed by atoms with E-state index in [1.54, 1.807) is 34.9 Å². The van der Waals surface area contributed by atoms with E-state index >= 15 is 0 Å². The molecule has 1 aromatic carbocycles. The van der Waals surface area contributed by atoms with Gasteiger partial charge in [0.15, 0.2) is 0 Å². The van der Waals surface area contributed by atoms with Crippen LogP contribution in [-0.2, 0) is 4.79 Å². The van der Waals surface area contributed by atoms with Gasteiger partial charge < -0.3 is 5.32 Å². The van der Waals surface area contributed by atoms with Crippen molar-refractivity contribution in [1.29, 1.82) is 5.26 Å². The van der Waals surface area contributed by atoms with Gasteiger partial charge in [0, 0.05) is 6.54 Å². The summed E-state index contributed by atoms with van der Waals surface area (Å²) in [5.74, 6) is -0.836. The Hall–Kier alpha value is -1.69. The van der Waals surface area contributed by atoms with Crippen molar-refractivity contribution in [2.24, 2.45) is 5.10 Å². The van der Waals surface area contributed by atoms with Crippen LogP contribution in [0.5, 0.6) is 0 Å². The number of rotatable bonds is 5. The van der Waals surface area contributed by atoms with Crippen molar-refractivity contribution in [2.75, 3.05) is 11.6 Å². The second-order valence-corrected chi connectivity index (χ2v) is 4.60. The van der Waals surface area contributed by atoms with Crippen molar-refractivity contribution < 1.29 is 9.18 Å². The molecule has 100 valence electrons. The maximum absolute atomic E-state index is 13.4. The summed E-state index contributed by atoms with van der Waals surface area (Å²) in [6, 6.07) is 4.32. The van der Waals surface area contributed by atoms with E-state index in [1.165, 1.54) is 12.1 Å². The molecule has 0 heterocycles. The van der Waals surface area contributed by atoms with Crippen molar-refractivity contribution in [2.45, 2.75) is 13.3 Å². The maximum atomic E-state index is 13.4. The summed E-state index contributed by atoms with van der Waals surface area (Å²) in [5.41, 5.74) is 0.294. The van der Waals surface area contributed by atoms with E-state index in [1.807, 2.05) is 6.92 Å². The minimum absolute atomic E-state index is 0.271. The fourth-order valence-corrected chi connectivity index (χ4v) is 1.79. The number of carbonyl (C=O) groups is 1. The highest BCUT2D eigenvalue weighted by Crippen LogP contribution is 2.24. The molecular weight excluding hydrogens is 362 g/mol. The predicted molar refractivity (Wildman–Crippen MR) is 79.0 cm³/mol. The summed E-state index contributed by atoms with van der Waals surface area (Å²) in [5, 5.41) is 16.2. The molecule has 1 N–H and O–H groups in total. The van der Waals surface area contributed by atoms with Gasteiger partial charge in [0.1, 0.15) is 12.0 Å². The zero-order chi connectivity index (χ0) is 14.3. The van der Waals surface area contributed by atoms with Crippen LogP contribution in [0.4, 0.5) is 10.1 Å². The van der Waals surface area contributed by atoms with Crippen LogP contribution in [0.3, 0.4) is 0 Å². The summed E-state index contributed by atoms with van der Waals surface area (Å²) >= 11 is 1.78. The number of carbonyl (C=O) groups excluding carboxylic acids is 1. The van der Waals surface area contributed by atoms with Gasteiger partial charge in [0.25, 0.3) is 5.91 Å². The summed E-state index contributed by atoms with van der Waals surface area (Å²) in [6.07, 6.45) is 3.59. The molecule has 19 heavy (non-hydrogen) atoms. The summed E-state index contributed by atoms with van der Waals surface area (Å²) < 4.78 is 13.6. The fourth-order valence-electron chi connectivity index (χ4n) is 1.20. The average Bonchev–Trinajstić information content (AvgIpc) is 2.41. The van der Waals surface area contributed by atoms with Crippen LogP contribution in [0.15, 0.2) is 23.3 Å². The Labute approximate surface area is 124 Å². The second kappa shape index (κ2) is 7.68. The number of nitriles is 1. The van der Waals surface area contributed by atoms with E-state index in [4.69, 9.17) is 5.26 Å². The van der Waals surface area contributed by atoms with Gasteiger partial charge >= 0.3 is 0 Å². The molecule has 0 aromatic heterocycles. The molecule has 1 rings (SSSR count). The number of hydrogen-bond donors (Lipinski definition) is 1. The molecule has 0 saturated heterocycles. The standard InChI is InChI=1S/C12H12FIN4O/c1-2-6-16-11(19)7-17-18(8-15)10-5-3-4-9(13)12(10)14/h3-5,7H,2,6H2,1H3,(H,16,19). The highest BCUT2D eigenvalue weighted by Gasteiger charge is 2.11. The van der Waals surface area contributed by atoms with E-state index in [9.17, 15) is 9.18 Å². The Morgan fingerprint density at radius 1 is 1.68 bits per heavy atom. The van der Waals surface area contributed by atoms with E-state index in [-0.39, 0.29) is 3.57 Å². The predicted octanol–water partition coefficient (Wildman–Crippen LogP) is 2.23. The van der Waals surface area contributed by atoms with Crippen molar-refractivity contribution in [3.63, 3.8) is 0 Å². The lowest BCUT2D eigenvalue weighted by Gasteiger charge is -2.11. The van der Waals surface area contributed by atoms with Gasteiger partial charge in [-0.05, 0) is 41.1 Å². The van der Waals surface area contributed by atoms with Crippen molar-refractivity contribution in [3.05, 3.63) is 27.6 Å². The van der Waals surface area contributed by atoms with Crippen LogP contribution >= 0.6 is 22.6 Å². The first kappa shape index (κ1) is 15.4. The Bertz CT molecular complexity index is 527. The first-order chi connectivity index (χ1) is 9.10. The Kier molecular flexibility index (Phi) is 6.21. The van der Waals surface area contributed by atoms with Gasteiger partial charge in [-0.3, -0.25) is 4.79 Å². The van der Waals surface area contributed by atoms with Crippen molar-refractivity contribution in [1.82, 2.24) is 5.32 Å². The van der Waals surface area contributed by atoms with Crippen LogP contribution in [0.25, 0.3) is 0 Å². The van der Waals surface area contributed by atoms with Crippen molar-refractivity contribution in [3.8, 4) is 6.19 Å². The maximum Gasteiger partial charge on any atom is 0.264 e. The zero-order valence-electron chi connectivity index (χ0n) is 10.2. The number of nitrogens with zero attached hydrogens (tertiary/aromatic N) is 3. The SMILES string of the molecule is CCCNC(=O)C=NN(C#N)c1cccc(F)c1I. The molecule has 0 aliphatic heterocycles. The molecule has 5 nitrogen and oxygen atoms in total. The second-order valence-electron chi connectivity index (χ2n) is 3.52. The molecule has 0 radical (unpaired) electrons. The molecule has 7 heteroatoms. The van der Waals surface area contributed by atoms with Gasteiger partial charge in [0.2, 0.25) is 6.19 Å². The van der Waals surface area contributed by atoms with Crippen LogP contribution in [0, 0.1) is 20.8 Å². The average molecular weight is 374 g/mol. The van der Waals surface area contributed by atoms with Crippen LogP contribution < -0.4 is 10.3 Å². The first-order valence-corrected chi connectivity index (χ1v) is 6.63. The van der Waals surface area contributed by atoms with Crippen molar-refractivity contribution >= 4 is 40.4 Å². The number of anilines is 1. The molecule has 0 spiro atoms. The first-order valence-electron chi connectivity index (χ1n) is 5.55. The van der Waals surface area contributed by atoms with Crippen LogP contribution in [0.2, 0.25) is 0 Å². The van der Waals surface area contributed by atoms with E-state index < -0.39 is 11.7 Å². The van der Waals surface area contributed by atoms with E-state index in [0.29, 0.717) is 12.2 Å². The van der Waals surface area contributed by atoms with E-state index in [2.05, 4.69) is 10.4 Å². The largest absolute Gasteiger partial charge is 0.351 e. The molecule has 0 unspecified atom stereocenters. The minimum atomic E-state index is -0.441. The third-order valence-corrected chi connectivity index (χ3v) is 3.16. The number of amides is 1. The summed E-state index contributed by atoms with van der Waals surface area (Å²) in [6.45, 7) is 2.46. The highest BCUT2D eigenvalue weighted by atomic mass is 127. The quantitative estimate of drug-likeness (QED) is 0.283. The zero-order valence-corrected chi connectivity index (χ0v) is 12.4. The molecule has 1 aromatic rings. The van der Waals surface area contributed by atoms with Gasteiger partial charge in [-0.25, -0.2) is 4.39 Å². The third kappa shape index (κ3) is 4.48. The molecule has 1 amide bonds. The Morgan fingerprint density at radius 3 is 3.05 bits per heavy atom. The molecule has 0 saturated carbocycles. The summed E-state index contributed by atoms with van der Waals surface area (Å²) in [7, 11) is 0. The molecule has 0 aliphatic carbocycles. The fraction of sp³-hybridized carbons (Fsp3) is 0.250. The van der Waals surface area contributed by atoms with E-state index in [0.717, 1.165) is 17.6 Å². The minimum Gasteiger partial charge on any atom is -0.351 e. The Balaban J connectivity index is 2.85. The van der Waals surface area contributed by atoms with Gasteiger partial charge in [-0.15, -0.1) is 0 Å². The van der Waals surface area contributed by atoms with Gasteiger partial charge in [-0.1, -0.05) is 13.0 Å². The number of benzene rings is 1. The number of nitrogens with one attached hydrogen (secondary N) is 1. The molecule has 0 fully saturated rings. The number of halogens is 2. The lowest BCUT2D eigenvalue weighted by molar-refractivity contribution is -0.114. The van der Waals surface area contributed by atoms with Crippen LogP contribution in [-0.4, -0.2) is 18.7 Å². The topological polar surface area (TPSA) is 68.5 Å². The molecule has 0 atom stereocenters. The lowest BCUT2D eigenvalue weighted by Crippen LogP contribution is -2.26. The van der Waals surface area contributed by atoms with Crippen LogP contribution in [0.1, 0.15) is 13.3 Å². The highest BCUT2D eigenvalue weighted by molar-refractivity contribution is 14.1. The smallest absolute Gasteiger partial charge is 0.264 e. The monoisotopic (exact) mass is 374 g/mol. The normalized spacial score (nSPS) is 10.2. The lowest BCUT2D eigenvalue weighted by atomic mass is 10.3. The molecule has 0 bridgehead atoms. The van der Waals surface area contributed by atoms with Gasteiger partial charge in [0.05, 0.1) is 9.26 Å². The molecule has 0 aliphatic rings. The summed E-state index contributed by atoms with van der Waals surface area (Å²) in [4.78, 5) is 11.3. The Morgan fingerprint density at radius 2 is 2.42 bits per heavy atom. The number of hydrogen-bond acceptors (Lipinski definition) is 4. The third-order valence-electron chi connectivity index (χ3n) is 2.09. The number of hydrazone groups is 1.